The van der Waals surface area contributed by atoms with Crippen LogP contribution in [0.25, 0.3) is 0 Å². The molecular weight excluding hydrogens is 352 g/mol. The Morgan fingerprint density at radius 3 is 2.41 bits per heavy atom. The first-order chi connectivity index (χ1) is 13.8. The molecular formula is C27H48N2. The number of nitrogens with zero attached hydrogens (tertiary/aromatic N) is 1. The first kappa shape index (κ1) is 21.7. The zero-order valence-electron chi connectivity index (χ0n) is 20.1. The summed E-state index contributed by atoms with van der Waals surface area (Å²) >= 11 is 0. The van der Waals surface area contributed by atoms with E-state index in [1.54, 1.807) is 0 Å². The van der Waals surface area contributed by atoms with E-state index in [-0.39, 0.29) is 0 Å². The van der Waals surface area contributed by atoms with Crippen molar-refractivity contribution in [3.05, 3.63) is 0 Å². The number of hydrogen-bond acceptors (Lipinski definition) is 2. The molecule has 0 saturated heterocycles. The maximum Gasteiger partial charge on any atom is 0.0379 e. The minimum absolute atomic E-state index is 0.555. The van der Waals surface area contributed by atoms with Crippen LogP contribution in [0.5, 0.6) is 0 Å². The number of hydrogen-bond donors (Lipinski definition) is 1. The van der Waals surface area contributed by atoms with Gasteiger partial charge < -0.3 is 5.84 Å². The zero-order valence-corrected chi connectivity index (χ0v) is 20.1. The van der Waals surface area contributed by atoms with Crippen molar-refractivity contribution in [1.82, 2.24) is 0 Å². The first-order valence-corrected chi connectivity index (χ1v) is 13.0. The van der Waals surface area contributed by atoms with E-state index in [9.17, 15) is 0 Å². The third kappa shape index (κ3) is 3.69. The number of rotatable bonds is 5. The highest BCUT2D eigenvalue weighted by molar-refractivity contribution is 5.85. The topological polar surface area (TPSA) is 38.4 Å². The molecule has 2 heteroatoms. The molecule has 0 radical (unpaired) electrons. The van der Waals surface area contributed by atoms with E-state index in [4.69, 9.17) is 5.84 Å². The average molecular weight is 401 g/mol. The standard InChI is InChI=1S/C27H48N2/c1-18(2)7-6-8-19(3)23-11-12-24-22-10-9-20-17-21(29-28)13-15-26(20,4)25(22)14-16-27(23,24)5/h18-20,22-25H,6-17,28H2,1-5H3/b29-21+/t19-,20+,22+,23-,24+,25+,26+,27-/m1/s1. The van der Waals surface area contributed by atoms with E-state index >= 15 is 0 Å². The normalized spacial score (nSPS) is 47.0. The fraction of sp³-hybridized carbons (Fsp3) is 0.963. The molecule has 166 valence electrons. The van der Waals surface area contributed by atoms with Crippen molar-refractivity contribution in [2.45, 2.75) is 112 Å². The second-order valence-electron chi connectivity index (χ2n) is 12.6. The van der Waals surface area contributed by atoms with Gasteiger partial charge in [0, 0.05) is 5.71 Å². The van der Waals surface area contributed by atoms with Crippen LogP contribution in [0.1, 0.15) is 112 Å². The quantitative estimate of drug-likeness (QED) is 0.378. The van der Waals surface area contributed by atoms with Crippen molar-refractivity contribution in [3.8, 4) is 0 Å². The molecule has 0 aliphatic heterocycles. The van der Waals surface area contributed by atoms with E-state index in [1.165, 1.54) is 76.3 Å². The van der Waals surface area contributed by atoms with Crippen LogP contribution in [-0.4, -0.2) is 5.71 Å². The highest BCUT2D eigenvalue weighted by Crippen LogP contribution is 2.68. The SMILES string of the molecule is CC(C)CCC[C@@H](C)[C@H]1CC[C@H]2[C@@H]3CC[C@H]4C/C(=N/N)CC[C@]4(C)[C@H]3CC[C@]12C. The Kier molecular flexibility index (Phi) is 6.13. The van der Waals surface area contributed by atoms with Gasteiger partial charge in [-0.15, -0.1) is 0 Å². The van der Waals surface area contributed by atoms with Crippen LogP contribution in [0, 0.1) is 52.3 Å². The van der Waals surface area contributed by atoms with E-state index in [1.807, 2.05) is 0 Å². The summed E-state index contributed by atoms with van der Waals surface area (Å²) in [7, 11) is 0. The smallest absolute Gasteiger partial charge is 0.0379 e. The Hall–Kier alpha value is -0.530. The summed E-state index contributed by atoms with van der Waals surface area (Å²) in [5.41, 5.74) is 2.47. The molecule has 4 aliphatic rings. The van der Waals surface area contributed by atoms with Gasteiger partial charge in [-0.2, -0.15) is 5.10 Å². The lowest BCUT2D eigenvalue weighted by molar-refractivity contribution is -0.105. The maximum atomic E-state index is 5.67. The van der Waals surface area contributed by atoms with Crippen molar-refractivity contribution in [3.63, 3.8) is 0 Å². The molecule has 8 atom stereocenters. The van der Waals surface area contributed by atoms with Crippen molar-refractivity contribution >= 4 is 5.71 Å². The van der Waals surface area contributed by atoms with Gasteiger partial charge in [0.1, 0.15) is 0 Å². The van der Waals surface area contributed by atoms with Gasteiger partial charge in [-0.3, -0.25) is 0 Å². The molecule has 2 nitrogen and oxygen atoms in total. The number of nitrogens with two attached hydrogens (primary N) is 1. The molecule has 0 amide bonds. The molecule has 4 fully saturated rings. The Balaban J connectivity index is 1.46. The molecule has 0 bridgehead atoms. The van der Waals surface area contributed by atoms with Gasteiger partial charge in [-0.25, -0.2) is 0 Å². The zero-order chi connectivity index (χ0) is 20.8. The fourth-order valence-corrected chi connectivity index (χ4v) is 9.20. The highest BCUT2D eigenvalue weighted by Gasteiger charge is 2.60. The molecule has 0 heterocycles. The molecule has 4 aliphatic carbocycles. The summed E-state index contributed by atoms with van der Waals surface area (Å²) in [5.74, 6) is 12.2. The van der Waals surface area contributed by atoms with Gasteiger partial charge >= 0.3 is 0 Å². The highest BCUT2D eigenvalue weighted by atomic mass is 15.1. The summed E-state index contributed by atoms with van der Waals surface area (Å²) < 4.78 is 0. The number of hydrazone groups is 1. The predicted octanol–water partition coefficient (Wildman–Crippen LogP) is 7.42. The monoisotopic (exact) mass is 400 g/mol. The minimum atomic E-state index is 0.555. The molecule has 0 aromatic carbocycles. The van der Waals surface area contributed by atoms with Crippen molar-refractivity contribution in [2.75, 3.05) is 0 Å². The molecule has 0 unspecified atom stereocenters. The summed E-state index contributed by atoms with van der Waals surface area (Å²) in [6.45, 7) is 12.7. The van der Waals surface area contributed by atoms with E-state index in [0.717, 1.165) is 47.8 Å². The maximum absolute atomic E-state index is 5.67. The van der Waals surface area contributed by atoms with Gasteiger partial charge in [0.05, 0.1) is 0 Å². The summed E-state index contributed by atoms with van der Waals surface area (Å²) in [4.78, 5) is 0. The molecule has 29 heavy (non-hydrogen) atoms. The number of fused-ring (bicyclic) bond motifs is 5. The van der Waals surface area contributed by atoms with E-state index in [2.05, 4.69) is 39.7 Å². The van der Waals surface area contributed by atoms with E-state index in [0.29, 0.717) is 10.8 Å². The molecule has 0 aromatic heterocycles. The van der Waals surface area contributed by atoms with E-state index < -0.39 is 0 Å². The fourth-order valence-electron chi connectivity index (χ4n) is 9.20. The Labute approximate surface area is 180 Å². The van der Waals surface area contributed by atoms with Crippen molar-refractivity contribution in [2.24, 2.45) is 63.2 Å². The second-order valence-corrected chi connectivity index (χ2v) is 12.6. The van der Waals surface area contributed by atoms with Gasteiger partial charge in [-0.05, 0) is 110 Å². The van der Waals surface area contributed by atoms with Gasteiger partial charge in [0.2, 0.25) is 0 Å². The third-order valence-corrected chi connectivity index (χ3v) is 10.9. The Morgan fingerprint density at radius 2 is 1.69 bits per heavy atom. The van der Waals surface area contributed by atoms with Crippen LogP contribution in [0.4, 0.5) is 0 Å². The summed E-state index contributed by atoms with van der Waals surface area (Å²) in [6.07, 6.45) is 16.9. The predicted molar refractivity (Wildman–Crippen MR) is 125 cm³/mol. The Bertz CT molecular complexity index is 610. The summed E-state index contributed by atoms with van der Waals surface area (Å²) in [6, 6.07) is 0. The largest absolute Gasteiger partial charge is 0.323 e. The Morgan fingerprint density at radius 1 is 0.931 bits per heavy atom. The van der Waals surface area contributed by atoms with Crippen LogP contribution in [0.15, 0.2) is 5.10 Å². The molecule has 4 rings (SSSR count). The van der Waals surface area contributed by atoms with Crippen molar-refractivity contribution < 1.29 is 0 Å². The van der Waals surface area contributed by atoms with Crippen LogP contribution in [0.2, 0.25) is 0 Å². The lowest BCUT2D eigenvalue weighted by Crippen LogP contribution is -2.53. The van der Waals surface area contributed by atoms with Crippen LogP contribution in [-0.2, 0) is 0 Å². The molecule has 2 N–H and O–H groups in total. The van der Waals surface area contributed by atoms with Crippen LogP contribution >= 0.6 is 0 Å². The van der Waals surface area contributed by atoms with Crippen LogP contribution in [0.3, 0.4) is 0 Å². The molecule has 0 spiro atoms. The van der Waals surface area contributed by atoms with Gasteiger partial charge in [0.25, 0.3) is 0 Å². The van der Waals surface area contributed by atoms with Gasteiger partial charge in [-0.1, -0.05) is 53.9 Å². The molecule has 0 aromatic rings. The first-order valence-electron chi connectivity index (χ1n) is 13.0. The minimum Gasteiger partial charge on any atom is -0.323 e. The van der Waals surface area contributed by atoms with Gasteiger partial charge in [0.15, 0.2) is 0 Å². The lowest BCUT2D eigenvalue weighted by atomic mass is 9.44. The average Bonchev–Trinajstić information content (AvgIpc) is 3.04. The third-order valence-electron chi connectivity index (χ3n) is 10.9. The molecule has 4 saturated carbocycles. The lowest BCUT2D eigenvalue weighted by Gasteiger charge is -2.60. The summed E-state index contributed by atoms with van der Waals surface area (Å²) in [5, 5.41) is 4.12. The second kappa shape index (κ2) is 8.19. The van der Waals surface area contributed by atoms with Crippen molar-refractivity contribution in [1.29, 1.82) is 0 Å². The van der Waals surface area contributed by atoms with Crippen LogP contribution < -0.4 is 5.84 Å².